The molecule has 0 aromatic carbocycles. The number of pyridine rings is 1. The van der Waals surface area contributed by atoms with Gasteiger partial charge in [0.25, 0.3) is 0 Å². The van der Waals surface area contributed by atoms with Crippen molar-refractivity contribution in [2.24, 2.45) is 5.92 Å². The number of hydrogen-bond donors (Lipinski definition) is 2. The van der Waals surface area contributed by atoms with Crippen LogP contribution in [0.4, 0.5) is 5.82 Å². The van der Waals surface area contributed by atoms with E-state index in [2.05, 4.69) is 44.8 Å². The van der Waals surface area contributed by atoms with Crippen molar-refractivity contribution in [3.05, 3.63) is 16.7 Å². The molecule has 0 radical (unpaired) electrons. The highest BCUT2D eigenvalue weighted by molar-refractivity contribution is 9.10. The maximum absolute atomic E-state index is 12.6. The van der Waals surface area contributed by atoms with Crippen molar-refractivity contribution in [1.29, 1.82) is 0 Å². The largest absolute Gasteiger partial charge is 0.369 e. The predicted octanol–water partition coefficient (Wildman–Crippen LogP) is 3.38. The van der Waals surface area contributed by atoms with E-state index >= 15 is 0 Å². The molecule has 1 aromatic rings. The molecule has 1 heterocycles. The normalized spacial score (nSPS) is 13.4. The molecule has 1 rings (SSSR count). The zero-order chi connectivity index (χ0) is 16.0. The maximum atomic E-state index is 12.6. The molecule has 0 fully saturated rings. The van der Waals surface area contributed by atoms with Crippen LogP contribution in [0.1, 0.15) is 40.5 Å². The van der Waals surface area contributed by atoms with E-state index in [4.69, 9.17) is 0 Å². The zero-order valence-electron chi connectivity index (χ0n) is 13.0. The van der Waals surface area contributed by atoms with Crippen molar-refractivity contribution in [3.63, 3.8) is 0 Å². The second-order valence-corrected chi connectivity index (χ2v) is 7.62. The summed E-state index contributed by atoms with van der Waals surface area (Å²) in [7, 11) is -3.61. The van der Waals surface area contributed by atoms with Gasteiger partial charge in [-0.05, 0) is 41.8 Å². The lowest BCUT2D eigenvalue weighted by molar-refractivity contribution is 0.391. The van der Waals surface area contributed by atoms with E-state index < -0.39 is 10.0 Å². The van der Waals surface area contributed by atoms with Gasteiger partial charge in [0.2, 0.25) is 10.0 Å². The molecule has 7 heteroatoms. The summed E-state index contributed by atoms with van der Waals surface area (Å²) >= 11 is 3.28. The number of hydrogen-bond acceptors (Lipinski definition) is 4. The van der Waals surface area contributed by atoms with Crippen molar-refractivity contribution in [1.82, 2.24) is 9.71 Å². The summed E-state index contributed by atoms with van der Waals surface area (Å²) in [6, 6.07) is 1.46. The standard InChI is InChI=1S/C14H24BrN3O2S/c1-5-11(6-2)10(4)18-21(19,20)13-8-12(15)9-17-14(13)16-7-3/h8-11,18H,5-7H2,1-4H3,(H,16,17). The van der Waals surface area contributed by atoms with Gasteiger partial charge < -0.3 is 5.32 Å². The lowest BCUT2D eigenvalue weighted by Crippen LogP contribution is -2.38. The van der Waals surface area contributed by atoms with Crippen LogP contribution >= 0.6 is 15.9 Å². The van der Waals surface area contributed by atoms with E-state index in [-0.39, 0.29) is 10.9 Å². The highest BCUT2D eigenvalue weighted by atomic mass is 79.9. The first kappa shape index (κ1) is 18.4. The van der Waals surface area contributed by atoms with Crippen molar-refractivity contribution in [3.8, 4) is 0 Å². The Balaban J connectivity index is 3.10. The van der Waals surface area contributed by atoms with Crippen molar-refractivity contribution < 1.29 is 8.42 Å². The Morgan fingerprint density at radius 1 is 1.29 bits per heavy atom. The van der Waals surface area contributed by atoms with Crippen LogP contribution in [0.5, 0.6) is 0 Å². The Hall–Kier alpha value is -0.660. The summed E-state index contributed by atoms with van der Waals surface area (Å²) in [5, 5.41) is 2.99. The fraction of sp³-hybridized carbons (Fsp3) is 0.643. The maximum Gasteiger partial charge on any atom is 0.244 e. The van der Waals surface area contributed by atoms with Crippen LogP contribution in [0.2, 0.25) is 0 Å². The number of nitrogens with zero attached hydrogens (tertiary/aromatic N) is 1. The van der Waals surface area contributed by atoms with Crippen LogP contribution in [0.15, 0.2) is 21.6 Å². The number of rotatable bonds is 8. The molecule has 0 bridgehead atoms. The van der Waals surface area contributed by atoms with Crippen LogP contribution in [0.25, 0.3) is 0 Å². The van der Waals surface area contributed by atoms with Crippen molar-refractivity contribution in [2.75, 3.05) is 11.9 Å². The third kappa shape index (κ3) is 4.93. The van der Waals surface area contributed by atoms with E-state index in [1.807, 2.05) is 13.8 Å². The highest BCUT2D eigenvalue weighted by Gasteiger charge is 2.25. The minimum Gasteiger partial charge on any atom is -0.369 e. The second-order valence-electron chi connectivity index (χ2n) is 5.02. The van der Waals surface area contributed by atoms with Crippen LogP contribution in [-0.4, -0.2) is 26.0 Å². The summed E-state index contributed by atoms with van der Waals surface area (Å²) in [6.45, 7) is 8.57. The van der Waals surface area contributed by atoms with Gasteiger partial charge in [-0.1, -0.05) is 26.7 Å². The summed E-state index contributed by atoms with van der Waals surface area (Å²) in [5.74, 6) is 0.701. The first-order valence-corrected chi connectivity index (χ1v) is 9.55. The van der Waals surface area contributed by atoms with Crippen LogP contribution in [-0.2, 0) is 10.0 Å². The molecule has 21 heavy (non-hydrogen) atoms. The third-order valence-electron chi connectivity index (χ3n) is 3.55. The number of sulfonamides is 1. The Morgan fingerprint density at radius 3 is 2.43 bits per heavy atom. The van der Waals surface area contributed by atoms with Crippen molar-refractivity contribution in [2.45, 2.75) is 51.5 Å². The van der Waals surface area contributed by atoms with Gasteiger partial charge in [-0.2, -0.15) is 0 Å². The fourth-order valence-electron chi connectivity index (χ4n) is 2.33. The zero-order valence-corrected chi connectivity index (χ0v) is 15.4. The fourth-order valence-corrected chi connectivity index (χ4v) is 4.28. The van der Waals surface area contributed by atoms with Gasteiger partial charge in [-0.3, -0.25) is 0 Å². The average molecular weight is 378 g/mol. The van der Waals surface area contributed by atoms with Crippen LogP contribution in [0.3, 0.4) is 0 Å². The molecule has 1 unspecified atom stereocenters. The predicted molar refractivity (Wildman–Crippen MR) is 90.0 cm³/mol. The summed E-state index contributed by atoms with van der Waals surface area (Å²) in [4.78, 5) is 4.33. The molecular weight excluding hydrogens is 354 g/mol. The molecular formula is C14H24BrN3O2S. The van der Waals surface area contributed by atoms with Crippen molar-refractivity contribution >= 4 is 31.8 Å². The molecule has 0 saturated heterocycles. The topological polar surface area (TPSA) is 71.1 Å². The van der Waals surface area contributed by atoms with E-state index in [9.17, 15) is 8.42 Å². The minimum absolute atomic E-state index is 0.113. The number of anilines is 1. The number of aromatic nitrogens is 1. The molecule has 0 aliphatic heterocycles. The molecule has 0 aliphatic carbocycles. The lowest BCUT2D eigenvalue weighted by Gasteiger charge is -2.23. The summed E-state index contributed by atoms with van der Waals surface area (Å²) in [5.41, 5.74) is 0. The Morgan fingerprint density at radius 2 is 1.90 bits per heavy atom. The molecule has 2 N–H and O–H groups in total. The minimum atomic E-state index is -3.61. The Labute approximate surface area is 136 Å². The first-order valence-electron chi connectivity index (χ1n) is 7.27. The van der Waals surface area contributed by atoms with Gasteiger partial charge >= 0.3 is 0 Å². The molecule has 0 saturated carbocycles. The van der Waals surface area contributed by atoms with E-state index in [1.54, 1.807) is 12.3 Å². The van der Waals surface area contributed by atoms with E-state index in [0.29, 0.717) is 22.8 Å². The highest BCUT2D eigenvalue weighted by Crippen LogP contribution is 2.24. The van der Waals surface area contributed by atoms with Gasteiger partial charge in [0.1, 0.15) is 10.7 Å². The molecule has 1 atom stereocenters. The second kappa shape index (κ2) is 8.10. The summed E-state index contributed by atoms with van der Waals surface area (Å²) < 4.78 is 28.6. The summed E-state index contributed by atoms with van der Waals surface area (Å²) in [6.07, 6.45) is 3.47. The van der Waals surface area contributed by atoms with Crippen LogP contribution in [0, 0.1) is 5.92 Å². The third-order valence-corrected chi connectivity index (χ3v) is 5.56. The average Bonchev–Trinajstić information content (AvgIpc) is 2.41. The lowest BCUT2D eigenvalue weighted by atomic mass is 9.96. The molecule has 0 spiro atoms. The first-order chi connectivity index (χ1) is 9.85. The molecule has 1 aromatic heterocycles. The van der Waals surface area contributed by atoms with Gasteiger partial charge in [-0.15, -0.1) is 0 Å². The molecule has 0 aliphatic rings. The van der Waals surface area contributed by atoms with E-state index in [1.165, 1.54) is 0 Å². The Bertz CT molecular complexity index is 559. The molecule has 0 amide bonds. The van der Waals surface area contributed by atoms with Gasteiger partial charge in [0.05, 0.1) is 0 Å². The Kier molecular flexibility index (Phi) is 7.09. The molecule has 5 nitrogen and oxygen atoms in total. The van der Waals surface area contributed by atoms with Crippen LogP contribution < -0.4 is 10.0 Å². The van der Waals surface area contributed by atoms with E-state index in [0.717, 1.165) is 12.8 Å². The number of halogens is 1. The number of nitrogens with one attached hydrogen (secondary N) is 2. The smallest absolute Gasteiger partial charge is 0.244 e. The quantitative estimate of drug-likeness (QED) is 0.728. The SMILES string of the molecule is CCNc1ncc(Br)cc1S(=O)(=O)NC(C)C(CC)CC. The van der Waals surface area contributed by atoms with Gasteiger partial charge in [0.15, 0.2) is 0 Å². The molecule has 120 valence electrons. The van der Waals surface area contributed by atoms with Gasteiger partial charge in [-0.25, -0.2) is 18.1 Å². The monoisotopic (exact) mass is 377 g/mol. The van der Waals surface area contributed by atoms with Gasteiger partial charge in [0, 0.05) is 23.3 Å².